The summed E-state index contributed by atoms with van der Waals surface area (Å²) in [4.78, 5) is 24.8. The fourth-order valence-electron chi connectivity index (χ4n) is 1.42. The van der Waals surface area contributed by atoms with Crippen molar-refractivity contribution in [1.29, 1.82) is 0 Å². The topological polar surface area (TPSA) is 55.8 Å². The van der Waals surface area contributed by atoms with Crippen LogP contribution in [0.5, 0.6) is 0 Å². The lowest BCUT2D eigenvalue weighted by molar-refractivity contribution is -0.140. The third kappa shape index (κ3) is 4.46. The molecule has 17 heavy (non-hydrogen) atoms. The van der Waals surface area contributed by atoms with E-state index in [1.165, 1.54) is 18.9 Å². The van der Waals surface area contributed by atoms with Crippen LogP contribution in [0, 0.1) is 0 Å². The van der Waals surface area contributed by atoms with Gasteiger partial charge in [0.2, 0.25) is 0 Å². The molecular weight excluding hydrogens is 242 g/mol. The average Bonchev–Trinajstić information content (AvgIpc) is 2.26. The molecule has 0 spiro atoms. The summed E-state index contributed by atoms with van der Waals surface area (Å²) in [6.07, 6.45) is -0.369. The molecule has 1 fully saturated rings. The van der Waals surface area contributed by atoms with Crippen LogP contribution in [0.15, 0.2) is 0 Å². The molecule has 0 aromatic rings. The maximum absolute atomic E-state index is 11.8. The van der Waals surface area contributed by atoms with Crippen LogP contribution in [-0.2, 0) is 14.3 Å². The summed E-state index contributed by atoms with van der Waals surface area (Å²) in [5.74, 6) is 0.433. The fourth-order valence-corrected chi connectivity index (χ4v) is 2.54. The van der Waals surface area contributed by atoms with Gasteiger partial charge >= 0.3 is 12.1 Å². The van der Waals surface area contributed by atoms with Gasteiger partial charge in [-0.25, -0.2) is 4.79 Å². The van der Waals surface area contributed by atoms with Crippen molar-refractivity contribution in [1.82, 2.24) is 4.90 Å². The van der Waals surface area contributed by atoms with Crippen LogP contribution in [0.3, 0.4) is 0 Å². The average molecular weight is 261 g/mol. The maximum Gasteiger partial charge on any atom is 0.410 e. The third-order valence-corrected chi connectivity index (χ3v) is 3.34. The summed E-state index contributed by atoms with van der Waals surface area (Å²) in [7, 11) is 1.36. The van der Waals surface area contributed by atoms with E-state index in [0.29, 0.717) is 13.1 Å². The van der Waals surface area contributed by atoms with Crippen LogP contribution in [0.2, 0.25) is 0 Å². The monoisotopic (exact) mass is 261 g/mol. The quantitative estimate of drug-likeness (QED) is 0.670. The smallest absolute Gasteiger partial charge is 0.410 e. The van der Waals surface area contributed by atoms with E-state index in [-0.39, 0.29) is 17.3 Å². The highest BCUT2D eigenvalue weighted by Crippen LogP contribution is 2.21. The van der Waals surface area contributed by atoms with Crippen LogP contribution < -0.4 is 0 Å². The number of nitrogens with zero attached hydrogens (tertiary/aromatic N) is 1. The van der Waals surface area contributed by atoms with Gasteiger partial charge < -0.3 is 14.4 Å². The zero-order chi connectivity index (χ0) is 13.1. The molecule has 1 heterocycles. The van der Waals surface area contributed by atoms with E-state index in [9.17, 15) is 9.59 Å². The second kappa shape index (κ2) is 5.62. The Morgan fingerprint density at radius 1 is 1.35 bits per heavy atom. The number of esters is 1. The normalized spacial score (nSPS) is 20.9. The molecule has 0 aromatic heterocycles. The second-order valence-corrected chi connectivity index (χ2v) is 6.12. The highest BCUT2D eigenvalue weighted by atomic mass is 32.2. The molecule has 1 unspecified atom stereocenters. The molecular formula is C11H19NO4S. The van der Waals surface area contributed by atoms with Crippen molar-refractivity contribution in [3.63, 3.8) is 0 Å². The van der Waals surface area contributed by atoms with Crippen molar-refractivity contribution in [3.05, 3.63) is 0 Å². The van der Waals surface area contributed by atoms with Gasteiger partial charge in [0.05, 0.1) is 7.11 Å². The summed E-state index contributed by atoms with van der Waals surface area (Å²) >= 11 is 1.51. The Morgan fingerprint density at radius 2 is 2.00 bits per heavy atom. The first-order valence-corrected chi connectivity index (χ1v) is 6.55. The van der Waals surface area contributed by atoms with E-state index < -0.39 is 5.60 Å². The molecule has 0 bridgehead atoms. The molecule has 0 N–H and O–H groups in total. The lowest BCUT2D eigenvalue weighted by Crippen LogP contribution is -2.46. The van der Waals surface area contributed by atoms with Crippen molar-refractivity contribution in [2.45, 2.75) is 31.6 Å². The van der Waals surface area contributed by atoms with Gasteiger partial charge in [-0.2, -0.15) is 0 Å². The molecule has 98 valence electrons. The molecule has 6 heteroatoms. The van der Waals surface area contributed by atoms with Crippen LogP contribution in [0.4, 0.5) is 4.79 Å². The molecule has 1 amide bonds. The predicted octanol–water partition coefficient (Wildman–Crippen LogP) is 1.51. The molecule has 0 aromatic carbocycles. The molecule has 0 saturated carbocycles. The summed E-state index contributed by atoms with van der Waals surface area (Å²) in [5, 5.41) is -0.304. The number of rotatable bonds is 1. The van der Waals surface area contributed by atoms with Gasteiger partial charge in [0.15, 0.2) is 0 Å². The van der Waals surface area contributed by atoms with E-state index in [2.05, 4.69) is 4.74 Å². The number of hydrogen-bond acceptors (Lipinski definition) is 5. The molecule has 1 atom stereocenters. The SMILES string of the molecule is COC(=O)C1CN(C(=O)OC(C)(C)C)CCS1. The van der Waals surface area contributed by atoms with E-state index in [1.54, 1.807) is 4.90 Å². The lowest BCUT2D eigenvalue weighted by atomic mass is 10.2. The Labute approximate surface area is 106 Å². The highest BCUT2D eigenvalue weighted by Gasteiger charge is 2.31. The number of carbonyl (C=O) groups excluding carboxylic acids is 2. The third-order valence-electron chi connectivity index (χ3n) is 2.18. The first-order valence-electron chi connectivity index (χ1n) is 5.51. The van der Waals surface area contributed by atoms with Crippen LogP contribution >= 0.6 is 11.8 Å². The fraction of sp³-hybridized carbons (Fsp3) is 0.818. The zero-order valence-corrected chi connectivity index (χ0v) is 11.5. The first-order chi connectivity index (χ1) is 7.83. The number of thioether (sulfide) groups is 1. The van der Waals surface area contributed by atoms with Crippen molar-refractivity contribution in [3.8, 4) is 0 Å². The largest absolute Gasteiger partial charge is 0.468 e. The summed E-state index contributed by atoms with van der Waals surface area (Å²) < 4.78 is 9.94. The number of ether oxygens (including phenoxy) is 2. The van der Waals surface area contributed by atoms with Crippen molar-refractivity contribution < 1.29 is 19.1 Å². The Kier molecular flexibility index (Phi) is 4.68. The minimum absolute atomic E-state index is 0.289. The van der Waals surface area contributed by atoms with Crippen LogP contribution in [0.25, 0.3) is 0 Å². The number of carbonyl (C=O) groups is 2. The standard InChI is InChI=1S/C11H19NO4S/c1-11(2,3)16-10(14)12-5-6-17-8(7-12)9(13)15-4/h8H,5-7H2,1-4H3. The number of methoxy groups -OCH3 is 1. The first kappa shape index (κ1) is 14.2. The minimum Gasteiger partial charge on any atom is -0.468 e. The van der Waals surface area contributed by atoms with Gasteiger partial charge in [-0.3, -0.25) is 4.79 Å². The Balaban J connectivity index is 2.55. The summed E-state index contributed by atoms with van der Waals surface area (Å²) in [5.41, 5.74) is -0.511. The van der Waals surface area contributed by atoms with Gasteiger partial charge in [-0.05, 0) is 20.8 Å². The van der Waals surface area contributed by atoms with Gasteiger partial charge in [0.1, 0.15) is 10.9 Å². The molecule has 1 saturated heterocycles. The minimum atomic E-state index is -0.511. The second-order valence-electron chi connectivity index (χ2n) is 4.81. The van der Waals surface area contributed by atoms with Crippen molar-refractivity contribution in [2.24, 2.45) is 0 Å². The predicted molar refractivity (Wildman–Crippen MR) is 66.1 cm³/mol. The van der Waals surface area contributed by atoms with E-state index in [1.807, 2.05) is 20.8 Å². The summed E-state index contributed by atoms with van der Waals surface area (Å²) in [6, 6.07) is 0. The van der Waals surface area contributed by atoms with Crippen LogP contribution in [-0.4, -0.2) is 53.8 Å². The van der Waals surface area contributed by atoms with Crippen LogP contribution in [0.1, 0.15) is 20.8 Å². The molecule has 1 rings (SSSR count). The zero-order valence-electron chi connectivity index (χ0n) is 10.7. The Bertz CT molecular complexity index is 300. The summed E-state index contributed by atoms with van der Waals surface area (Å²) in [6.45, 7) is 6.42. The molecule has 1 aliphatic heterocycles. The maximum atomic E-state index is 11.8. The van der Waals surface area contributed by atoms with Crippen molar-refractivity contribution >= 4 is 23.8 Å². The Morgan fingerprint density at radius 3 is 2.53 bits per heavy atom. The number of hydrogen-bond donors (Lipinski definition) is 0. The van der Waals surface area contributed by atoms with Gasteiger partial charge in [0.25, 0.3) is 0 Å². The van der Waals surface area contributed by atoms with Crippen molar-refractivity contribution in [2.75, 3.05) is 26.0 Å². The van der Waals surface area contributed by atoms with Gasteiger partial charge in [-0.1, -0.05) is 0 Å². The molecule has 5 nitrogen and oxygen atoms in total. The van der Waals surface area contributed by atoms with E-state index in [0.717, 1.165) is 5.75 Å². The van der Waals surface area contributed by atoms with Gasteiger partial charge in [-0.15, -0.1) is 11.8 Å². The van der Waals surface area contributed by atoms with E-state index >= 15 is 0 Å². The number of amides is 1. The molecule has 0 radical (unpaired) electrons. The highest BCUT2D eigenvalue weighted by molar-refractivity contribution is 8.00. The Hall–Kier alpha value is -0.910. The van der Waals surface area contributed by atoms with Gasteiger partial charge in [0, 0.05) is 18.8 Å². The lowest BCUT2D eigenvalue weighted by Gasteiger charge is -2.32. The molecule has 1 aliphatic rings. The van der Waals surface area contributed by atoms with E-state index in [4.69, 9.17) is 4.74 Å². The molecule has 0 aliphatic carbocycles.